The van der Waals surface area contributed by atoms with Crippen LogP contribution >= 0.6 is 15.9 Å². The molecule has 3 rings (SSSR count). The number of carboxylic acid groups (broad SMARTS) is 1. The molecule has 1 saturated heterocycles. The van der Waals surface area contributed by atoms with Gasteiger partial charge in [-0.1, -0.05) is 15.9 Å². The standard InChI is InChI=1S/C13H14BrN3O2/c14-9-3-5-17-10(6-9)11(13(18)19)16-12(17)8-2-1-4-15-7-8/h3,5-6,8,15H,1-2,4,7H2,(H,18,19). The molecule has 0 amide bonds. The molecule has 0 aromatic carbocycles. The maximum Gasteiger partial charge on any atom is 0.356 e. The van der Waals surface area contributed by atoms with Gasteiger partial charge in [0, 0.05) is 23.1 Å². The number of fused-ring (bicyclic) bond motifs is 1. The van der Waals surface area contributed by atoms with Crippen LogP contribution in [-0.2, 0) is 0 Å². The van der Waals surface area contributed by atoms with Crippen molar-refractivity contribution < 1.29 is 9.90 Å². The van der Waals surface area contributed by atoms with E-state index in [2.05, 4.69) is 26.2 Å². The van der Waals surface area contributed by atoms with E-state index in [9.17, 15) is 9.90 Å². The van der Waals surface area contributed by atoms with Gasteiger partial charge in [0.2, 0.25) is 0 Å². The highest BCUT2D eigenvalue weighted by molar-refractivity contribution is 9.10. The van der Waals surface area contributed by atoms with Crippen molar-refractivity contribution in [2.75, 3.05) is 13.1 Å². The topological polar surface area (TPSA) is 66.6 Å². The summed E-state index contributed by atoms with van der Waals surface area (Å²) >= 11 is 3.37. The Kier molecular flexibility index (Phi) is 3.28. The number of aromatic nitrogens is 2. The van der Waals surface area contributed by atoms with Crippen molar-refractivity contribution >= 4 is 27.4 Å². The zero-order chi connectivity index (χ0) is 13.4. The van der Waals surface area contributed by atoms with E-state index >= 15 is 0 Å². The average molecular weight is 324 g/mol. The van der Waals surface area contributed by atoms with E-state index < -0.39 is 5.97 Å². The molecule has 19 heavy (non-hydrogen) atoms. The van der Waals surface area contributed by atoms with Gasteiger partial charge in [0.25, 0.3) is 0 Å². The first-order valence-corrected chi connectivity index (χ1v) is 7.07. The van der Waals surface area contributed by atoms with E-state index in [1.165, 1.54) is 0 Å². The van der Waals surface area contributed by atoms with Crippen LogP contribution in [0, 0.1) is 0 Å². The summed E-state index contributed by atoms with van der Waals surface area (Å²) in [6.07, 6.45) is 4.02. The van der Waals surface area contributed by atoms with Gasteiger partial charge in [-0.3, -0.25) is 0 Å². The Balaban J connectivity index is 2.16. The highest BCUT2D eigenvalue weighted by atomic mass is 79.9. The minimum absolute atomic E-state index is 0.127. The third-order valence-corrected chi connectivity index (χ3v) is 3.99. The number of nitrogens with one attached hydrogen (secondary N) is 1. The first-order valence-electron chi connectivity index (χ1n) is 6.28. The lowest BCUT2D eigenvalue weighted by Gasteiger charge is -2.21. The summed E-state index contributed by atoms with van der Waals surface area (Å²) in [5, 5.41) is 12.6. The Morgan fingerprint density at radius 3 is 3.11 bits per heavy atom. The molecular weight excluding hydrogens is 310 g/mol. The number of nitrogens with zero attached hydrogens (tertiary/aromatic N) is 2. The molecule has 0 aliphatic carbocycles. The van der Waals surface area contributed by atoms with Crippen molar-refractivity contribution in [2.24, 2.45) is 0 Å². The molecule has 1 aliphatic rings. The number of pyridine rings is 1. The SMILES string of the molecule is O=C(O)c1nc(C2CCCNC2)n2ccc(Br)cc12. The Morgan fingerprint density at radius 1 is 1.58 bits per heavy atom. The number of aromatic carboxylic acids is 1. The fourth-order valence-corrected chi connectivity index (χ4v) is 2.93. The first-order chi connectivity index (χ1) is 9.16. The van der Waals surface area contributed by atoms with E-state index in [1.807, 2.05) is 16.7 Å². The van der Waals surface area contributed by atoms with Gasteiger partial charge < -0.3 is 14.8 Å². The molecule has 3 heterocycles. The number of imidazole rings is 1. The van der Waals surface area contributed by atoms with Gasteiger partial charge >= 0.3 is 5.97 Å². The molecule has 0 radical (unpaired) electrons. The minimum atomic E-state index is -0.981. The van der Waals surface area contributed by atoms with Crippen molar-refractivity contribution in [3.63, 3.8) is 0 Å². The van der Waals surface area contributed by atoms with Crippen LogP contribution < -0.4 is 5.32 Å². The number of hydrogen-bond acceptors (Lipinski definition) is 3. The Morgan fingerprint density at radius 2 is 2.42 bits per heavy atom. The monoisotopic (exact) mass is 323 g/mol. The van der Waals surface area contributed by atoms with E-state index in [0.717, 1.165) is 36.2 Å². The maximum atomic E-state index is 11.3. The zero-order valence-electron chi connectivity index (χ0n) is 10.3. The lowest BCUT2D eigenvalue weighted by Crippen LogP contribution is -2.29. The third kappa shape index (κ3) is 2.26. The zero-order valence-corrected chi connectivity index (χ0v) is 11.9. The van der Waals surface area contributed by atoms with E-state index in [4.69, 9.17) is 0 Å². The van der Waals surface area contributed by atoms with Gasteiger partial charge in [0.1, 0.15) is 5.82 Å². The fraction of sp³-hybridized carbons (Fsp3) is 0.385. The van der Waals surface area contributed by atoms with Crippen LogP contribution in [0.15, 0.2) is 22.8 Å². The van der Waals surface area contributed by atoms with Crippen LogP contribution in [0.1, 0.15) is 35.1 Å². The Bertz CT molecular complexity index is 632. The van der Waals surface area contributed by atoms with Crippen LogP contribution in [0.25, 0.3) is 5.52 Å². The van der Waals surface area contributed by atoms with Gasteiger partial charge in [-0.2, -0.15) is 0 Å². The Hall–Kier alpha value is -1.40. The van der Waals surface area contributed by atoms with Gasteiger partial charge in [0.15, 0.2) is 5.69 Å². The van der Waals surface area contributed by atoms with Gasteiger partial charge in [-0.25, -0.2) is 9.78 Å². The Labute approximate surface area is 118 Å². The molecule has 1 fully saturated rings. The number of carbonyl (C=O) groups is 1. The number of halogens is 1. The number of carboxylic acids is 1. The molecule has 5 nitrogen and oxygen atoms in total. The summed E-state index contributed by atoms with van der Waals surface area (Å²) in [6.45, 7) is 1.88. The van der Waals surface area contributed by atoms with Gasteiger partial charge in [0.05, 0.1) is 5.52 Å². The molecule has 1 aliphatic heterocycles. The van der Waals surface area contributed by atoms with E-state index in [-0.39, 0.29) is 11.6 Å². The fourth-order valence-electron chi connectivity index (χ4n) is 2.60. The molecule has 2 aromatic rings. The average Bonchev–Trinajstić information content (AvgIpc) is 2.78. The molecule has 1 unspecified atom stereocenters. The lowest BCUT2D eigenvalue weighted by molar-refractivity contribution is 0.0693. The summed E-state index contributed by atoms with van der Waals surface area (Å²) in [6, 6.07) is 3.70. The molecule has 0 saturated carbocycles. The van der Waals surface area contributed by atoms with Crippen molar-refractivity contribution in [1.82, 2.24) is 14.7 Å². The molecule has 100 valence electrons. The summed E-state index contributed by atoms with van der Waals surface area (Å²) in [7, 11) is 0. The number of rotatable bonds is 2. The molecule has 6 heteroatoms. The van der Waals surface area contributed by atoms with Crippen LogP contribution in [-0.4, -0.2) is 33.6 Å². The number of hydrogen-bond donors (Lipinski definition) is 2. The summed E-state index contributed by atoms with van der Waals surface area (Å²) in [5.74, 6) is 0.133. The highest BCUT2D eigenvalue weighted by Gasteiger charge is 2.24. The number of piperidine rings is 1. The summed E-state index contributed by atoms with van der Waals surface area (Å²) < 4.78 is 2.75. The van der Waals surface area contributed by atoms with Crippen molar-refractivity contribution in [2.45, 2.75) is 18.8 Å². The van der Waals surface area contributed by atoms with E-state index in [1.54, 1.807) is 6.07 Å². The lowest BCUT2D eigenvalue weighted by atomic mass is 9.99. The largest absolute Gasteiger partial charge is 0.476 e. The van der Waals surface area contributed by atoms with Gasteiger partial charge in [-0.15, -0.1) is 0 Å². The molecule has 1 atom stereocenters. The minimum Gasteiger partial charge on any atom is -0.476 e. The van der Waals surface area contributed by atoms with Crippen molar-refractivity contribution in [1.29, 1.82) is 0 Å². The molecule has 0 spiro atoms. The van der Waals surface area contributed by atoms with Crippen LogP contribution in [0.4, 0.5) is 0 Å². The van der Waals surface area contributed by atoms with Crippen molar-refractivity contribution in [3.05, 3.63) is 34.3 Å². The predicted octanol–water partition coefficient (Wildman–Crippen LogP) is 2.26. The predicted molar refractivity (Wildman–Crippen MR) is 74.7 cm³/mol. The summed E-state index contributed by atoms with van der Waals surface area (Å²) in [4.78, 5) is 15.7. The normalized spacial score (nSPS) is 19.7. The van der Waals surface area contributed by atoms with E-state index in [0.29, 0.717) is 5.52 Å². The van der Waals surface area contributed by atoms with Gasteiger partial charge in [-0.05, 0) is 31.5 Å². The molecule has 0 bridgehead atoms. The van der Waals surface area contributed by atoms with Crippen LogP contribution in [0.3, 0.4) is 0 Å². The third-order valence-electron chi connectivity index (χ3n) is 3.50. The molecule has 2 aromatic heterocycles. The molecule has 2 N–H and O–H groups in total. The quantitative estimate of drug-likeness (QED) is 0.889. The van der Waals surface area contributed by atoms with Crippen LogP contribution in [0.2, 0.25) is 0 Å². The smallest absolute Gasteiger partial charge is 0.356 e. The second-order valence-corrected chi connectivity index (χ2v) is 5.68. The maximum absolute atomic E-state index is 11.3. The first kappa shape index (κ1) is 12.6. The second kappa shape index (κ2) is 4.94. The van der Waals surface area contributed by atoms with Crippen LogP contribution in [0.5, 0.6) is 0 Å². The second-order valence-electron chi connectivity index (χ2n) is 4.77. The molecular formula is C13H14BrN3O2. The van der Waals surface area contributed by atoms with Crippen molar-refractivity contribution in [3.8, 4) is 0 Å². The summed E-state index contributed by atoms with van der Waals surface area (Å²) in [5.41, 5.74) is 0.768. The highest BCUT2D eigenvalue weighted by Crippen LogP contribution is 2.26.